The number of nitrogens with one attached hydrogen (secondary N) is 1. The summed E-state index contributed by atoms with van der Waals surface area (Å²) in [6.07, 6.45) is 11.2. The minimum Gasteiger partial charge on any atom is -0.354 e. The van der Waals surface area contributed by atoms with Gasteiger partial charge in [0.2, 0.25) is 5.91 Å². The number of aromatic nitrogens is 3. The lowest BCUT2D eigenvalue weighted by Gasteiger charge is -2.14. The highest BCUT2D eigenvalue weighted by molar-refractivity contribution is 5.75. The van der Waals surface area contributed by atoms with Gasteiger partial charge in [0.1, 0.15) is 0 Å². The molecule has 2 aromatic rings. The van der Waals surface area contributed by atoms with Crippen LogP contribution in [0.5, 0.6) is 0 Å². The van der Waals surface area contributed by atoms with E-state index in [0.29, 0.717) is 19.5 Å². The second-order valence-corrected chi connectivity index (χ2v) is 6.12. The maximum absolute atomic E-state index is 11.7. The van der Waals surface area contributed by atoms with Crippen LogP contribution in [0.25, 0.3) is 11.3 Å². The molecule has 5 heteroatoms. The highest BCUT2D eigenvalue weighted by Crippen LogP contribution is 2.30. The van der Waals surface area contributed by atoms with Crippen LogP contribution < -0.4 is 5.32 Å². The van der Waals surface area contributed by atoms with Gasteiger partial charge in [-0.05, 0) is 44.2 Å². The monoisotopic (exact) mass is 324 g/mol. The van der Waals surface area contributed by atoms with Gasteiger partial charge in [-0.1, -0.05) is 6.08 Å². The number of carbonyl (C=O) groups is 1. The van der Waals surface area contributed by atoms with Crippen LogP contribution in [0.15, 0.2) is 37.2 Å². The summed E-state index contributed by atoms with van der Waals surface area (Å²) >= 11 is 0. The largest absolute Gasteiger partial charge is 0.354 e. The molecule has 0 fully saturated rings. The summed E-state index contributed by atoms with van der Waals surface area (Å²) in [4.78, 5) is 15.8. The zero-order valence-corrected chi connectivity index (χ0v) is 14.0. The van der Waals surface area contributed by atoms with Crippen molar-refractivity contribution in [2.45, 2.75) is 45.1 Å². The molecule has 1 aliphatic carbocycles. The van der Waals surface area contributed by atoms with Crippen LogP contribution in [0.1, 0.15) is 36.9 Å². The van der Waals surface area contributed by atoms with Gasteiger partial charge in [0.05, 0.1) is 12.2 Å². The number of nitrogens with zero attached hydrogens (tertiary/aromatic N) is 3. The Labute approximate surface area is 142 Å². The molecule has 2 aromatic heterocycles. The molecule has 0 aliphatic heterocycles. The first-order valence-corrected chi connectivity index (χ1v) is 8.66. The molecule has 0 bridgehead atoms. The quantitative estimate of drug-likeness (QED) is 0.797. The number of hydrogen-bond acceptors (Lipinski definition) is 3. The molecule has 3 rings (SSSR count). The maximum atomic E-state index is 11.7. The molecule has 126 valence electrons. The third-order valence-electron chi connectivity index (χ3n) is 4.43. The lowest BCUT2D eigenvalue weighted by atomic mass is 9.94. The summed E-state index contributed by atoms with van der Waals surface area (Å²) in [6.45, 7) is 4.97. The Kier molecular flexibility index (Phi) is 5.41. The molecular weight excluding hydrogens is 300 g/mol. The van der Waals surface area contributed by atoms with Crippen molar-refractivity contribution >= 4 is 5.91 Å². The highest BCUT2D eigenvalue weighted by atomic mass is 16.1. The van der Waals surface area contributed by atoms with E-state index in [4.69, 9.17) is 5.10 Å². The lowest BCUT2D eigenvalue weighted by molar-refractivity contribution is -0.121. The number of allylic oxidation sites excluding steroid dienone is 1. The van der Waals surface area contributed by atoms with Gasteiger partial charge in [-0.15, -0.1) is 6.58 Å². The van der Waals surface area contributed by atoms with Gasteiger partial charge in [0, 0.05) is 42.2 Å². The molecule has 1 aliphatic rings. The smallest absolute Gasteiger partial charge is 0.220 e. The van der Waals surface area contributed by atoms with Crippen LogP contribution in [-0.4, -0.2) is 27.2 Å². The predicted octanol–water partition coefficient (Wildman–Crippen LogP) is 2.91. The predicted molar refractivity (Wildman–Crippen MR) is 94.5 cm³/mol. The average Bonchev–Trinajstić information content (AvgIpc) is 3.00. The Bertz CT molecular complexity index is 706. The van der Waals surface area contributed by atoms with E-state index < -0.39 is 0 Å². The van der Waals surface area contributed by atoms with Crippen molar-refractivity contribution in [3.63, 3.8) is 0 Å². The molecule has 0 spiro atoms. The first-order chi connectivity index (χ1) is 11.8. The molecule has 0 radical (unpaired) electrons. The Morgan fingerprint density at radius 1 is 1.29 bits per heavy atom. The summed E-state index contributed by atoms with van der Waals surface area (Å²) in [7, 11) is 0. The molecule has 1 N–H and O–H groups in total. The summed E-state index contributed by atoms with van der Waals surface area (Å²) < 4.78 is 2.08. The fraction of sp³-hybridized carbons (Fsp3) is 0.421. The van der Waals surface area contributed by atoms with Crippen molar-refractivity contribution in [3.8, 4) is 11.3 Å². The number of hydrogen-bond donors (Lipinski definition) is 1. The Morgan fingerprint density at radius 3 is 2.88 bits per heavy atom. The van der Waals surface area contributed by atoms with E-state index in [1.165, 1.54) is 24.1 Å². The fourth-order valence-corrected chi connectivity index (χ4v) is 3.22. The normalized spacial score (nSPS) is 13.3. The highest BCUT2D eigenvalue weighted by Gasteiger charge is 2.21. The summed E-state index contributed by atoms with van der Waals surface area (Å²) in [5, 5.41) is 7.81. The fourth-order valence-electron chi connectivity index (χ4n) is 3.22. The standard InChI is InChI=1S/C19H24N4O/c1-2-3-8-18(24)21-13-14-23-17-7-5-4-6-16(17)19(22-23)15-9-11-20-12-10-15/h2,9-12H,1,3-8,13-14H2,(H,21,24). The molecule has 24 heavy (non-hydrogen) atoms. The molecule has 0 atom stereocenters. The summed E-state index contributed by atoms with van der Waals surface area (Å²) in [6, 6.07) is 4.03. The van der Waals surface area contributed by atoms with E-state index in [0.717, 1.165) is 30.5 Å². The van der Waals surface area contributed by atoms with E-state index >= 15 is 0 Å². The average molecular weight is 324 g/mol. The van der Waals surface area contributed by atoms with Gasteiger partial charge in [-0.2, -0.15) is 5.10 Å². The molecule has 0 saturated carbocycles. The number of pyridine rings is 1. The van der Waals surface area contributed by atoms with E-state index in [1.807, 2.05) is 24.5 Å². The molecule has 0 saturated heterocycles. The van der Waals surface area contributed by atoms with Crippen molar-refractivity contribution in [1.29, 1.82) is 0 Å². The third-order valence-corrected chi connectivity index (χ3v) is 4.43. The van der Waals surface area contributed by atoms with Crippen LogP contribution in [0.2, 0.25) is 0 Å². The Morgan fingerprint density at radius 2 is 2.08 bits per heavy atom. The van der Waals surface area contributed by atoms with Crippen molar-refractivity contribution < 1.29 is 4.79 Å². The number of amides is 1. The second kappa shape index (κ2) is 7.90. The van der Waals surface area contributed by atoms with E-state index in [2.05, 4.69) is 21.6 Å². The van der Waals surface area contributed by atoms with Crippen molar-refractivity contribution in [3.05, 3.63) is 48.4 Å². The molecule has 0 unspecified atom stereocenters. The van der Waals surface area contributed by atoms with Gasteiger partial charge in [0.25, 0.3) is 0 Å². The molecular formula is C19H24N4O. The van der Waals surface area contributed by atoms with Gasteiger partial charge in [-0.25, -0.2) is 0 Å². The Balaban J connectivity index is 1.73. The lowest BCUT2D eigenvalue weighted by Crippen LogP contribution is -2.27. The second-order valence-electron chi connectivity index (χ2n) is 6.12. The topological polar surface area (TPSA) is 59.8 Å². The summed E-state index contributed by atoms with van der Waals surface area (Å²) in [5.74, 6) is 0.0743. The van der Waals surface area contributed by atoms with Crippen LogP contribution in [0.3, 0.4) is 0 Å². The summed E-state index contributed by atoms with van der Waals surface area (Å²) in [5.41, 5.74) is 4.89. The molecule has 2 heterocycles. The zero-order valence-electron chi connectivity index (χ0n) is 14.0. The Hall–Kier alpha value is -2.43. The van der Waals surface area contributed by atoms with Gasteiger partial charge in [0.15, 0.2) is 0 Å². The van der Waals surface area contributed by atoms with Crippen LogP contribution in [0, 0.1) is 0 Å². The van der Waals surface area contributed by atoms with Crippen LogP contribution in [-0.2, 0) is 24.2 Å². The van der Waals surface area contributed by atoms with E-state index in [9.17, 15) is 4.79 Å². The van der Waals surface area contributed by atoms with Crippen molar-refractivity contribution in [2.24, 2.45) is 0 Å². The van der Waals surface area contributed by atoms with Gasteiger partial charge in [-0.3, -0.25) is 14.5 Å². The third kappa shape index (κ3) is 3.72. The van der Waals surface area contributed by atoms with E-state index in [-0.39, 0.29) is 5.91 Å². The SMILES string of the molecule is C=CCCC(=O)NCCn1nc(-c2ccncc2)c2c1CCCC2. The van der Waals surface area contributed by atoms with Crippen molar-refractivity contribution in [2.75, 3.05) is 6.54 Å². The minimum atomic E-state index is 0.0743. The molecule has 5 nitrogen and oxygen atoms in total. The van der Waals surface area contributed by atoms with E-state index in [1.54, 1.807) is 6.08 Å². The number of fused-ring (bicyclic) bond motifs is 1. The number of carbonyl (C=O) groups excluding carboxylic acids is 1. The van der Waals surface area contributed by atoms with Crippen LogP contribution >= 0.6 is 0 Å². The maximum Gasteiger partial charge on any atom is 0.220 e. The molecule has 1 amide bonds. The van der Waals surface area contributed by atoms with Gasteiger partial charge < -0.3 is 5.32 Å². The molecule has 0 aromatic carbocycles. The van der Waals surface area contributed by atoms with Crippen LogP contribution in [0.4, 0.5) is 0 Å². The van der Waals surface area contributed by atoms with Crippen molar-refractivity contribution in [1.82, 2.24) is 20.1 Å². The zero-order chi connectivity index (χ0) is 16.8. The number of rotatable bonds is 7. The minimum absolute atomic E-state index is 0.0743. The first-order valence-electron chi connectivity index (χ1n) is 8.66. The first kappa shape index (κ1) is 16.4. The van der Waals surface area contributed by atoms with Gasteiger partial charge >= 0.3 is 0 Å².